The normalized spacial score (nSPS) is 20.0. The van der Waals surface area contributed by atoms with Crippen molar-refractivity contribution in [1.82, 2.24) is 0 Å². The van der Waals surface area contributed by atoms with Crippen molar-refractivity contribution in [3.63, 3.8) is 0 Å². The van der Waals surface area contributed by atoms with Crippen LogP contribution in [0.25, 0.3) is 0 Å². The minimum absolute atomic E-state index is 0.0229. The molecule has 1 aromatic carbocycles. The predicted molar refractivity (Wildman–Crippen MR) is 84.8 cm³/mol. The van der Waals surface area contributed by atoms with E-state index in [1.807, 2.05) is 24.3 Å². The quantitative estimate of drug-likeness (QED) is 0.933. The molecule has 0 radical (unpaired) electrons. The molecule has 2 fully saturated rings. The van der Waals surface area contributed by atoms with E-state index < -0.39 is 0 Å². The Kier molecular flexibility index (Phi) is 4.73. The Bertz CT molecular complexity index is 535. The van der Waals surface area contributed by atoms with Crippen LogP contribution in [0.2, 0.25) is 0 Å². The summed E-state index contributed by atoms with van der Waals surface area (Å²) in [7, 11) is 0. The first-order valence-electron chi connectivity index (χ1n) is 8.03. The predicted octanol–water partition coefficient (Wildman–Crippen LogP) is 2.57. The number of morpholine rings is 1. The molecule has 0 bridgehead atoms. The zero-order chi connectivity index (χ0) is 15.4. The summed E-state index contributed by atoms with van der Waals surface area (Å²) < 4.78 is 5.13. The number of amides is 2. The summed E-state index contributed by atoms with van der Waals surface area (Å²) in [6, 6.07) is 7.47. The average Bonchev–Trinajstić information content (AvgIpc) is 2.57. The van der Waals surface area contributed by atoms with Crippen LogP contribution in [0, 0.1) is 5.92 Å². The van der Waals surface area contributed by atoms with Gasteiger partial charge < -0.3 is 15.0 Å². The molecule has 2 aliphatic rings. The van der Waals surface area contributed by atoms with E-state index in [4.69, 9.17) is 4.74 Å². The van der Waals surface area contributed by atoms with Crippen LogP contribution in [0.5, 0.6) is 0 Å². The Labute approximate surface area is 130 Å². The molecule has 1 aliphatic carbocycles. The summed E-state index contributed by atoms with van der Waals surface area (Å²) in [5.41, 5.74) is 1.64. The smallest absolute Gasteiger partial charge is 0.253 e. The van der Waals surface area contributed by atoms with E-state index in [9.17, 15) is 9.59 Å². The van der Waals surface area contributed by atoms with Crippen molar-refractivity contribution in [2.45, 2.75) is 32.1 Å². The molecule has 118 valence electrons. The van der Waals surface area contributed by atoms with E-state index in [0.29, 0.717) is 13.2 Å². The Morgan fingerprint density at radius 2 is 1.86 bits per heavy atom. The van der Waals surface area contributed by atoms with E-state index in [-0.39, 0.29) is 24.3 Å². The minimum atomic E-state index is -0.0229. The minimum Gasteiger partial charge on any atom is -0.370 e. The number of rotatable bonds is 3. The molecule has 0 aromatic heterocycles. The molecule has 22 heavy (non-hydrogen) atoms. The van der Waals surface area contributed by atoms with Crippen molar-refractivity contribution in [2.75, 3.05) is 30.0 Å². The zero-order valence-electron chi connectivity index (χ0n) is 12.7. The zero-order valence-corrected chi connectivity index (χ0v) is 12.7. The van der Waals surface area contributed by atoms with Crippen LogP contribution in [0.3, 0.4) is 0 Å². The lowest BCUT2D eigenvalue weighted by molar-refractivity contribution is -0.125. The van der Waals surface area contributed by atoms with Gasteiger partial charge in [0.05, 0.1) is 6.61 Å². The highest BCUT2D eigenvalue weighted by atomic mass is 16.5. The van der Waals surface area contributed by atoms with Crippen molar-refractivity contribution in [3.05, 3.63) is 24.3 Å². The van der Waals surface area contributed by atoms with Gasteiger partial charge in [-0.3, -0.25) is 9.59 Å². The lowest BCUT2D eigenvalue weighted by Crippen LogP contribution is -2.41. The first-order chi connectivity index (χ1) is 10.7. The van der Waals surface area contributed by atoms with Gasteiger partial charge in [0, 0.05) is 23.8 Å². The van der Waals surface area contributed by atoms with E-state index in [1.165, 1.54) is 6.42 Å². The molecule has 0 unspecified atom stereocenters. The Morgan fingerprint density at radius 1 is 1.14 bits per heavy atom. The van der Waals surface area contributed by atoms with Crippen LogP contribution in [0.1, 0.15) is 32.1 Å². The molecule has 2 amide bonds. The molecular formula is C17H22N2O3. The fraction of sp³-hybridized carbons (Fsp3) is 0.529. The Hall–Kier alpha value is -1.88. The first-order valence-corrected chi connectivity index (χ1v) is 8.03. The second kappa shape index (κ2) is 6.92. The van der Waals surface area contributed by atoms with Crippen molar-refractivity contribution >= 4 is 23.2 Å². The van der Waals surface area contributed by atoms with Gasteiger partial charge in [0.1, 0.15) is 6.61 Å². The summed E-state index contributed by atoms with van der Waals surface area (Å²) in [5, 5.41) is 2.99. The molecule has 5 heteroatoms. The summed E-state index contributed by atoms with van der Waals surface area (Å²) in [4.78, 5) is 25.7. The van der Waals surface area contributed by atoms with E-state index in [1.54, 1.807) is 4.90 Å². The second-order valence-electron chi connectivity index (χ2n) is 5.97. The van der Waals surface area contributed by atoms with Gasteiger partial charge in [0.15, 0.2) is 0 Å². The van der Waals surface area contributed by atoms with Crippen LogP contribution in [-0.4, -0.2) is 31.6 Å². The molecular weight excluding hydrogens is 280 g/mol. The molecule has 5 nitrogen and oxygen atoms in total. The summed E-state index contributed by atoms with van der Waals surface area (Å²) in [5.74, 6) is 0.245. The molecule has 0 spiro atoms. The maximum atomic E-state index is 12.2. The Morgan fingerprint density at radius 3 is 2.55 bits per heavy atom. The number of anilines is 2. The molecule has 3 rings (SSSR count). The van der Waals surface area contributed by atoms with E-state index in [2.05, 4.69) is 5.32 Å². The number of carbonyl (C=O) groups excluding carboxylic acids is 2. The van der Waals surface area contributed by atoms with Crippen LogP contribution in [0.4, 0.5) is 11.4 Å². The van der Waals surface area contributed by atoms with Gasteiger partial charge in [-0.1, -0.05) is 19.3 Å². The number of carbonyl (C=O) groups is 2. The summed E-state index contributed by atoms with van der Waals surface area (Å²) in [6.45, 7) is 1.28. The highest BCUT2D eigenvalue weighted by molar-refractivity contribution is 5.96. The molecule has 1 aromatic rings. The van der Waals surface area contributed by atoms with Gasteiger partial charge in [0.25, 0.3) is 5.91 Å². The van der Waals surface area contributed by atoms with Gasteiger partial charge in [0.2, 0.25) is 5.91 Å². The van der Waals surface area contributed by atoms with Gasteiger partial charge in [-0.05, 0) is 37.1 Å². The van der Waals surface area contributed by atoms with Crippen LogP contribution in [-0.2, 0) is 14.3 Å². The number of nitrogens with one attached hydrogen (secondary N) is 1. The second-order valence-corrected chi connectivity index (χ2v) is 5.97. The highest BCUT2D eigenvalue weighted by Gasteiger charge is 2.22. The number of nitrogens with zero attached hydrogens (tertiary/aromatic N) is 1. The Balaban J connectivity index is 1.61. The third-order valence-electron chi connectivity index (χ3n) is 4.41. The third-order valence-corrected chi connectivity index (χ3v) is 4.41. The lowest BCUT2D eigenvalue weighted by Gasteiger charge is -2.27. The van der Waals surface area contributed by atoms with E-state index in [0.717, 1.165) is 37.1 Å². The number of benzene rings is 1. The summed E-state index contributed by atoms with van der Waals surface area (Å²) in [6.07, 6.45) is 5.52. The molecule has 0 atom stereocenters. The average molecular weight is 302 g/mol. The van der Waals surface area contributed by atoms with Gasteiger partial charge in [-0.25, -0.2) is 0 Å². The van der Waals surface area contributed by atoms with Crippen molar-refractivity contribution in [3.8, 4) is 0 Å². The fourth-order valence-electron chi connectivity index (χ4n) is 3.12. The van der Waals surface area contributed by atoms with Gasteiger partial charge in [-0.15, -0.1) is 0 Å². The number of ether oxygens (including phenoxy) is 1. The number of hydrogen-bond donors (Lipinski definition) is 1. The van der Waals surface area contributed by atoms with Crippen LogP contribution >= 0.6 is 0 Å². The topological polar surface area (TPSA) is 58.6 Å². The highest BCUT2D eigenvalue weighted by Crippen LogP contribution is 2.25. The van der Waals surface area contributed by atoms with Crippen molar-refractivity contribution < 1.29 is 14.3 Å². The largest absolute Gasteiger partial charge is 0.370 e. The molecule has 1 heterocycles. The molecule has 1 saturated carbocycles. The monoisotopic (exact) mass is 302 g/mol. The lowest BCUT2D eigenvalue weighted by atomic mass is 9.88. The van der Waals surface area contributed by atoms with E-state index >= 15 is 0 Å². The van der Waals surface area contributed by atoms with Crippen molar-refractivity contribution in [1.29, 1.82) is 0 Å². The molecule has 1 N–H and O–H groups in total. The van der Waals surface area contributed by atoms with Gasteiger partial charge in [-0.2, -0.15) is 0 Å². The number of hydrogen-bond acceptors (Lipinski definition) is 3. The standard InChI is InChI=1S/C17H22N2O3/c20-16-12-22-11-10-19(16)15-8-6-14(7-9-15)18-17(21)13-4-2-1-3-5-13/h6-9,13H,1-5,10-12H2,(H,18,21). The maximum absolute atomic E-state index is 12.2. The molecule has 1 aliphatic heterocycles. The molecule has 1 saturated heterocycles. The summed E-state index contributed by atoms with van der Waals surface area (Å²) >= 11 is 0. The fourth-order valence-corrected chi connectivity index (χ4v) is 3.12. The van der Waals surface area contributed by atoms with Crippen molar-refractivity contribution in [2.24, 2.45) is 5.92 Å². The SMILES string of the molecule is O=C(Nc1ccc(N2CCOCC2=O)cc1)C1CCCCC1. The first kappa shape index (κ1) is 15.0. The maximum Gasteiger partial charge on any atom is 0.253 e. The van der Waals surface area contributed by atoms with Crippen LogP contribution < -0.4 is 10.2 Å². The van der Waals surface area contributed by atoms with Gasteiger partial charge >= 0.3 is 0 Å². The van der Waals surface area contributed by atoms with Crippen LogP contribution in [0.15, 0.2) is 24.3 Å². The third kappa shape index (κ3) is 3.47.